The van der Waals surface area contributed by atoms with Crippen LogP contribution in [0.25, 0.3) is 0 Å². The Morgan fingerprint density at radius 2 is 2.45 bits per heavy atom. The van der Waals surface area contributed by atoms with Crippen molar-refractivity contribution in [1.29, 1.82) is 0 Å². The second-order valence-electron chi connectivity index (χ2n) is 5.24. The molecule has 0 spiro atoms. The first kappa shape index (κ1) is 14.7. The molecule has 1 aliphatic rings. The summed E-state index contributed by atoms with van der Waals surface area (Å²) < 4.78 is 12.1. The van der Waals surface area contributed by atoms with Gasteiger partial charge >= 0.3 is 0 Å². The molecule has 0 bridgehead atoms. The standard InChI is InChI=1S/C14H19N5O3/c1-19-11(6-9(18-19)8-21-2)14(20)15-13-7-10(16-17-13)12-4-3-5-22-12/h6-7,12H,3-5,8H2,1-2H3,(H2,15,16,17,20). The van der Waals surface area contributed by atoms with Gasteiger partial charge in [0.25, 0.3) is 5.91 Å². The highest BCUT2D eigenvalue weighted by molar-refractivity contribution is 6.02. The molecule has 22 heavy (non-hydrogen) atoms. The van der Waals surface area contributed by atoms with Crippen molar-refractivity contribution in [2.45, 2.75) is 25.6 Å². The van der Waals surface area contributed by atoms with Gasteiger partial charge in [-0.2, -0.15) is 10.2 Å². The molecule has 0 saturated carbocycles. The highest BCUT2D eigenvalue weighted by atomic mass is 16.5. The molecule has 2 N–H and O–H groups in total. The van der Waals surface area contributed by atoms with Crippen molar-refractivity contribution < 1.29 is 14.3 Å². The van der Waals surface area contributed by atoms with E-state index < -0.39 is 0 Å². The van der Waals surface area contributed by atoms with Gasteiger partial charge in [0.2, 0.25) is 0 Å². The molecule has 0 aromatic carbocycles. The van der Waals surface area contributed by atoms with Gasteiger partial charge < -0.3 is 14.8 Å². The van der Waals surface area contributed by atoms with Crippen LogP contribution in [-0.2, 0) is 23.1 Å². The third kappa shape index (κ3) is 3.02. The summed E-state index contributed by atoms with van der Waals surface area (Å²) >= 11 is 0. The molecule has 118 valence electrons. The molecule has 1 saturated heterocycles. The number of nitrogens with one attached hydrogen (secondary N) is 2. The Balaban J connectivity index is 1.68. The molecule has 1 fully saturated rings. The zero-order chi connectivity index (χ0) is 15.5. The lowest BCUT2D eigenvalue weighted by Crippen LogP contribution is -2.16. The monoisotopic (exact) mass is 305 g/mol. The third-order valence-corrected chi connectivity index (χ3v) is 3.57. The molecule has 1 unspecified atom stereocenters. The van der Waals surface area contributed by atoms with Gasteiger partial charge in [-0.25, -0.2) is 0 Å². The van der Waals surface area contributed by atoms with Gasteiger partial charge in [0.15, 0.2) is 5.82 Å². The normalized spacial score (nSPS) is 17.8. The molecule has 8 nitrogen and oxygen atoms in total. The predicted octanol–water partition coefficient (Wildman–Crippen LogP) is 1.39. The summed E-state index contributed by atoms with van der Waals surface area (Å²) in [5.41, 5.74) is 2.05. The second-order valence-corrected chi connectivity index (χ2v) is 5.24. The van der Waals surface area contributed by atoms with Crippen molar-refractivity contribution in [2.24, 2.45) is 7.05 Å². The molecule has 1 atom stereocenters. The van der Waals surface area contributed by atoms with Crippen molar-refractivity contribution in [3.8, 4) is 0 Å². The zero-order valence-electron chi connectivity index (χ0n) is 12.6. The number of carbonyl (C=O) groups excluding carboxylic acids is 1. The average Bonchev–Trinajstić information content (AvgIpc) is 3.19. The van der Waals surface area contributed by atoms with E-state index in [1.807, 2.05) is 0 Å². The minimum absolute atomic E-state index is 0.0446. The molecular weight excluding hydrogens is 286 g/mol. The number of carbonyl (C=O) groups is 1. The minimum Gasteiger partial charge on any atom is -0.378 e. The van der Waals surface area contributed by atoms with E-state index in [-0.39, 0.29) is 12.0 Å². The lowest BCUT2D eigenvalue weighted by molar-refractivity contribution is 0.101. The van der Waals surface area contributed by atoms with Gasteiger partial charge in [-0.15, -0.1) is 0 Å². The summed E-state index contributed by atoms with van der Waals surface area (Å²) in [7, 11) is 3.31. The van der Waals surface area contributed by atoms with E-state index in [1.54, 1.807) is 26.3 Å². The van der Waals surface area contributed by atoms with E-state index in [4.69, 9.17) is 9.47 Å². The van der Waals surface area contributed by atoms with Crippen LogP contribution in [-0.4, -0.2) is 39.6 Å². The number of aromatic nitrogens is 4. The van der Waals surface area contributed by atoms with Gasteiger partial charge in [0.1, 0.15) is 5.69 Å². The Bertz CT molecular complexity index is 657. The van der Waals surface area contributed by atoms with Gasteiger partial charge in [0, 0.05) is 26.8 Å². The minimum atomic E-state index is -0.261. The van der Waals surface area contributed by atoms with E-state index in [1.165, 1.54) is 4.68 Å². The molecule has 2 aromatic rings. The lowest BCUT2D eigenvalue weighted by Gasteiger charge is -2.04. The summed E-state index contributed by atoms with van der Waals surface area (Å²) in [6, 6.07) is 3.51. The quantitative estimate of drug-likeness (QED) is 0.870. The number of anilines is 1. The van der Waals surface area contributed by atoms with Crippen LogP contribution < -0.4 is 5.32 Å². The van der Waals surface area contributed by atoms with Gasteiger partial charge in [-0.1, -0.05) is 0 Å². The fraction of sp³-hybridized carbons (Fsp3) is 0.500. The molecule has 1 aliphatic heterocycles. The number of nitrogens with zero attached hydrogens (tertiary/aromatic N) is 3. The van der Waals surface area contributed by atoms with Crippen LogP contribution in [0.3, 0.4) is 0 Å². The first-order valence-corrected chi connectivity index (χ1v) is 7.17. The maximum Gasteiger partial charge on any atom is 0.275 e. The maximum atomic E-state index is 12.3. The number of H-pyrrole nitrogens is 1. The first-order chi connectivity index (χ1) is 10.7. The van der Waals surface area contributed by atoms with Crippen LogP contribution >= 0.6 is 0 Å². The number of methoxy groups -OCH3 is 1. The Labute approximate surface area is 127 Å². The fourth-order valence-electron chi connectivity index (χ4n) is 2.53. The number of ether oxygens (including phenoxy) is 2. The average molecular weight is 305 g/mol. The van der Waals surface area contributed by atoms with E-state index in [0.717, 1.165) is 25.1 Å². The van der Waals surface area contributed by atoms with Crippen molar-refractivity contribution in [1.82, 2.24) is 20.0 Å². The Hall–Kier alpha value is -2.19. The Morgan fingerprint density at radius 1 is 1.59 bits per heavy atom. The van der Waals surface area contributed by atoms with Crippen molar-refractivity contribution >= 4 is 11.7 Å². The predicted molar refractivity (Wildman–Crippen MR) is 78.4 cm³/mol. The number of hydrogen-bond donors (Lipinski definition) is 2. The van der Waals surface area contributed by atoms with E-state index in [2.05, 4.69) is 20.6 Å². The van der Waals surface area contributed by atoms with Crippen LogP contribution in [0.2, 0.25) is 0 Å². The molecule has 3 heterocycles. The highest BCUT2D eigenvalue weighted by Gasteiger charge is 2.21. The van der Waals surface area contributed by atoms with Gasteiger partial charge in [-0.3, -0.25) is 14.6 Å². The summed E-state index contributed by atoms with van der Waals surface area (Å²) in [4.78, 5) is 12.3. The maximum absolute atomic E-state index is 12.3. The fourth-order valence-corrected chi connectivity index (χ4v) is 2.53. The second kappa shape index (κ2) is 6.29. The van der Waals surface area contributed by atoms with Crippen LogP contribution in [0, 0.1) is 0 Å². The summed E-state index contributed by atoms with van der Waals surface area (Å²) in [5, 5.41) is 14.0. The summed E-state index contributed by atoms with van der Waals surface area (Å²) in [6.45, 7) is 1.13. The van der Waals surface area contributed by atoms with Crippen LogP contribution in [0.1, 0.15) is 40.8 Å². The molecular formula is C14H19N5O3. The molecule has 3 rings (SSSR count). The van der Waals surface area contributed by atoms with Crippen molar-refractivity contribution in [3.05, 3.63) is 29.2 Å². The number of aryl methyl sites for hydroxylation is 1. The first-order valence-electron chi connectivity index (χ1n) is 7.17. The topological polar surface area (TPSA) is 94.1 Å². The smallest absolute Gasteiger partial charge is 0.275 e. The van der Waals surface area contributed by atoms with Gasteiger partial charge in [-0.05, 0) is 18.9 Å². The molecule has 0 aliphatic carbocycles. The van der Waals surface area contributed by atoms with E-state index in [9.17, 15) is 4.79 Å². The molecule has 0 radical (unpaired) electrons. The van der Waals surface area contributed by atoms with Gasteiger partial charge in [0.05, 0.1) is 24.1 Å². The molecule has 1 amide bonds. The molecule has 8 heteroatoms. The third-order valence-electron chi connectivity index (χ3n) is 3.57. The van der Waals surface area contributed by atoms with Crippen LogP contribution in [0.15, 0.2) is 12.1 Å². The number of amides is 1. The number of aromatic amines is 1. The van der Waals surface area contributed by atoms with Crippen molar-refractivity contribution in [2.75, 3.05) is 19.0 Å². The van der Waals surface area contributed by atoms with Crippen LogP contribution in [0.4, 0.5) is 5.82 Å². The van der Waals surface area contributed by atoms with Crippen molar-refractivity contribution in [3.63, 3.8) is 0 Å². The Kier molecular flexibility index (Phi) is 4.21. The number of hydrogen-bond acceptors (Lipinski definition) is 5. The highest BCUT2D eigenvalue weighted by Crippen LogP contribution is 2.28. The van der Waals surface area contributed by atoms with E-state index >= 15 is 0 Å². The number of rotatable bonds is 5. The zero-order valence-corrected chi connectivity index (χ0v) is 12.6. The largest absolute Gasteiger partial charge is 0.378 e. The molecule has 2 aromatic heterocycles. The Morgan fingerprint density at radius 3 is 3.18 bits per heavy atom. The summed E-state index contributed by atoms with van der Waals surface area (Å²) in [5.74, 6) is 0.215. The summed E-state index contributed by atoms with van der Waals surface area (Å²) in [6.07, 6.45) is 2.06. The SMILES string of the molecule is COCc1cc(C(=O)Nc2cc(C3CCCO3)[nH]n2)n(C)n1. The van der Waals surface area contributed by atoms with Crippen LogP contribution in [0.5, 0.6) is 0 Å². The van der Waals surface area contributed by atoms with E-state index in [0.29, 0.717) is 23.8 Å². The lowest BCUT2D eigenvalue weighted by atomic mass is 10.2.